The Bertz CT molecular complexity index is 671. The summed E-state index contributed by atoms with van der Waals surface area (Å²) in [7, 11) is -4.08. The van der Waals surface area contributed by atoms with Gasteiger partial charge in [0.25, 0.3) is 0 Å². The van der Waals surface area contributed by atoms with Gasteiger partial charge in [-0.05, 0) is 45.3 Å². The molecule has 1 aromatic carbocycles. The maximum atomic E-state index is 12.4. The first-order valence-electron chi connectivity index (χ1n) is 8.26. The first kappa shape index (κ1) is 19.2. The van der Waals surface area contributed by atoms with E-state index in [2.05, 4.69) is 4.72 Å². The Labute approximate surface area is 145 Å². The van der Waals surface area contributed by atoms with Gasteiger partial charge in [-0.2, -0.15) is 12.7 Å². The van der Waals surface area contributed by atoms with E-state index in [0.29, 0.717) is 18.8 Å². The molecule has 0 saturated carbocycles. The molecular formula is C16H27BN2O4S. The van der Waals surface area contributed by atoms with Gasteiger partial charge in [-0.3, -0.25) is 4.72 Å². The van der Waals surface area contributed by atoms with Crippen molar-refractivity contribution < 1.29 is 17.7 Å². The molecule has 8 heteroatoms. The predicted octanol–water partition coefficient (Wildman–Crippen LogP) is 1.98. The fraction of sp³-hybridized carbons (Fsp3) is 0.625. The highest BCUT2D eigenvalue weighted by molar-refractivity contribution is 7.90. The molecule has 1 saturated heterocycles. The maximum Gasteiger partial charge on any atom is 0.494 e. The number of anilines is 1. The summed E-state index contributed by atoms with van der Waals surface area (Å²) >= 11 is 0. The summed E-state index contributed by atoms with van der Waals surface area (Å²) in [6, 6.07) is 7.14. The molecule has 1 aromatic rings. The third-order valence-corrected chi connectivity index (χ3v) is 6.39. The van der Waals surface area contributed by atoms with Gasteiger partial charge < -0.3 is 9.31 Å². The standard InChI is InChI=1S/C16H27BN2O4S/c1-7-19(8-2)24(20,21)18-14-11-9-10-13(12-14)17-22-15(3,4)16(5,6)23-17/h9-12,18H,7-8H2,1-6H3. The molecule has 6 nitrogen and oxygen atoms in total. The van der Waals surface area contributed by atoms with Crippen LogP contribution in [0.2, 0.25) is 0 Å². The van der Waals surface area contributed by atoms with E-state index < -0.39 is 28.5 Å². The lowest BCUT2D eigenvalue weighted by atomic mass is 9.79. The van der Waals surface area contributed by atoms with Crippen molar-refractivity contribution in [3.05, 3.63) is 24.3 Å². The summed E-state index contributed by atoms with van der Waals surface area (Å²) < 4.78 is 40.7. The molecule has 1 N–H and O–H groups in total. The third kappa shape index (κ3) is 3.77. The summed E-state index contributed by atoms with van der Waals surface area (Å²) in [5, 5.41) is 0. The molecule has 0 radical (unpaired) electrons. The largest absolute Gasteiger partial charge is 0.494 e. The molecule has 0 spiro atoms. The quantitative estimate of drug-likeness (QED) is 0.794. The zero-order valence-corrected chi connectivity index (χ0v) is 16.1. The highest BCUT2D eigenvalue weighted by Gasteiger charge is 2.51. The molecular weight excluding hydrogens is 327 g/mol. The SMILES string of the molecule is CCN(CC)S(=O)(=O)Nc1cccc(B2OC(C)(C)C(C)(C)O2)c1. The Hall–Kier alpha value is -1.09. The molecule has 1 heterocycles. The minimum atomic E-state index is -3.56. The predicted molar refractivity (Wildman–Crippen MR) is 97.6 cm³/mol. The number of nitrogens with zero attached hydrogens (tertiary/aromatic N) is 1. The lowest BCUT2D eigenvalue weighted by Crippen LogP contribution is -2.41. The van der Waals surface area contributed by atoms with Crippen LogP contribution in [0, 0.1) is 0 Å². The van der Waals surface area contributed by atoms with Gasteiger partial charge >= 0.3 is 17.3 Å². The fourth-order valence-corrected chi connectivity index (χ4v) is 3.74. The third-order valence-electron chi connectivity index (χ3n) is 4.70. The molecule has 0 bridgehead atoms. The van der Waals surface area contributed by atoms with E-state index in [1.807, 2.05) is 47.6 Å². The molecule has 0 aromatic heterocycles. The molecule has 24 heavy (non-hydrogen) atoms. The molecule has 1 aliphatic rings. The van der Waals surface area contributed by atoms with Crippen LogP contribution >= 0.6 is 0 Å². The van der Waals surface area contributed by atoms with Gasteiger partial charge in [0, 0.05) is 18.8 Å². The zero-order valence-electron chi connectivity index (χ0n) is 15.3. The van der Waals surface area contributed by atoms with E-state index in [-0.39, 0.29) is 0 Å². The van der Waals surface area contributed by atoms with Gasteiger partial charge in [0.1, 0.15) is 0 Å². The molecule has 2 rings (SSSR count). The highest BCUT2D eigenvalue weighted by atomic mass is 32.2. The minimum Gasteiger partial charge on any atom is -0.399 e. The van der Waals surface area contributed by atoms with Crippen LogP contribution < -0.4 is 10.2 Å². The number of hydrogen-bond acceptors (Lipinski definition) is 4. The Morgan fingerprint density at radius 3 is 2.12 bits per heavy atom. The maximum absolute atomic E-state index is 12.4. The Balaban J connectivity index is 2.22. The summed E-state index contributed by atoms with van der Waals surface area (Å²) in [6.45, 7) is 12.4. The van der Waals surface area contributed by atoms with E-state index >= 15 is 0 Å². The van der Waals surface area contributed by atoms with Crippen molar-refractivity contribution in [1.29, 1.82) is 0 Å². The average Bonchev–Trinajstić information content (AvgIpc) is 2.68. The number of nitrogens with one attached hydrogen (secondary N) is 1. The summed E-state index contributed by atoms with van der Waals surface area (Å²) in [5.41, 5.74) is 0.408. The topological polar surface area (TPSA) is 67.9 Å². The molecule has 1 aliphatic heterocycles. The zero-order chi connectivity index (χ0) is 18.2. The fourth-order valence-electron chi connectivity index (χ4n) is 2.50. The van der Waals surface area contributed by atoms with E-state index in [4.69, 9.17) is 9.31 Å². The van der Waals surface area contributed by atoms with E-state index in [9.17, 15) is 8.42 Å². The van der Waals surface area contributed by atoms with Gasteiger partial charge in [0.2, 0.25) is 0 Å². The van der Waals surface area contributed by atoms with Crippen molar-refractivity contribution in [2.45, 2.75) is 52.7 Å². The molecule has 0 unspecified atom stereocenters. The lowest BCUT2D eigenvalue weighted by Gasteiger charge is -2.32. The van der Waals surface area contributed by atoms with Gasteiger partial charge in [-0.15, -0.1) is 0 Å². The second-order valence-corrected chi connectivity index (χ2v) is 8.58. The Morgan fingerprint density at radius 1 is 1.08 bits per heavy atom. The second kappa shape index (κ2) is 6.67. The molecule has 134 valence electrons. The van der Waals surface area contributed by atoms with Crippen LogP contribution in [0.1, 0.15) is 41.5 Å². The molecule has 0 atom stereocenters. The Morgan fingerprint density at radius 2 is 1.62 bits per heavy atom. The van der Waals surface area contributed by atoms with Gasteiger partial charge in [-0.25, -0.2) is 0 Å². The average molecular weight is 354 g/mol. The van der Waals surface area contributed by atoms with Crippen molar-refractivity contribution in [3.8, 4) is 0 Å². The lowest BCUT2D eigenvalue weighted by molar-refractivity contribution is 0.00578. The molecule has 0 aliphatic carbocycles. The molecule has 0 amide bonds. The summed E-state index contributed by atoms with van der Waals surface area (Å²) in [5.74, 6) is 0. The van der Waals surface area contributed by atoms with E-state index in [0.717, 1.165) is 5.46 Å². The van der Waals surface area contributed by atoms with Crippen LogP contribution in [-0.2, 0) is 19.5 Å². The van der Waals surface area contributed by atoms with Crippen molar-refractivity contribution in [2.24, 2.45) is 0 Å². The molecule has 1 fully saturated rings. The van der Waals surface area contributed by atoms with Crippen LogP contribution in [-0.4, -0.2) is 44.1 Å². The first-order valence-corrected chi connectivity index (χ1v) is 9.70. The number of rotatable bonds is 6. The van der Waals surface area contributed by atoms with Crippen LogP contribution in [0.5, 0.6) is 0 Å². The summed E-state index contributed by atoms with van der Waals surface area (Å²) in [4.78, 5) is 0. The second-order valence-electron chi connectivity index (χ2n) is 6.91. The van der Waals surface area contributed by atoms with Crippen LogP contribution in [0.3, 0.4) is 0 Å². The van der Waals surface area contributed by atoms with Crippen molar-refractivity contribution in [2.75, 3.05) is 17.8 Å². The van der Waals surface area contributed by atoms with Gasteiger partial charge in [0.05, 0.1) is 11.2 Å². The van der Waals surface area contributed by atoms with Crippen molar-refractivity contribution in [3.63, 3.8) is 0 Å². The van der Waals surface area contributed by atoms with E-state index in [1.54, 1.807) is 18.2 Å². The smallest absolute Gasteiger partial charge is 0.399 e. The van der Waals surface area contributed by atoms with Gasteiger partial charge in [0.15, 0.2) is 0 Å². The van der Waals surface area contributed by atoms with E-state index in [1.165, 1.54) is 4.31 Å². The van der Waals surface area contributed by atoms with Crippen LogP contribution in [0.4, 0.5) is 5.69 Å². The Kier molecular flexibility index (Phi) is 5.35. The highest BCUT2D eigenvalue weighted by Crippen LogP contribution is 2.36. The number of benzene rings is 1. The van der Waals surface area contributed by atoms with Crippen LogP contribution in [0.25, 0.3) is 0 Å². The summed E-state index contributed by atoms with van der Waals surface area (Å²) in [6.07, 6.45) is 0. The van der Waals surface area contributed by atoms with Crippen molar-refractivity contribution >= 4 is 28.5 Å². The van der Waals surface area contributed by atoms with Crippen molar-refractivity contribution in [1.82, 2.24) is 4.31 Å². The first-order chi connectivity index (χ1) is 11.0. The monoisotopic (exact) mass is 354 g/mol. The normalized spacial score (nSPS) is 19.7. The van der Waals surface area contributed by atoms with Crippen LogP contribution in [0.15, 0.2) is 24.3 Å². The number of hydrogen-bond donors (Lipinski definition) is 1. The van der Waals surface area contributed by atoms with Gasteiger partial charge in [-0.1, -0.05) is 26.0 Å². The minimum absolute atomic E-state index is 0.419.